The van der Waals surface area contributed by atoms with E-state index >= 15 is 0 Å². The van der Waals surface area contributed by atoms with E-state index in [1.54, 1.807) is 0 Å². The van der Waals surface area contributed by atoms with Crippen LogP contribution in [0.4, 0.5) is 0 Å². The van der Waals surface area contributed by atoms with Gasteiger partial charge in [0.2, 0.25) is 0 Å². The van der Waals surface area contributed by atoms with Gasteiger partial charge in [0, 0.05) is 37.6 Å². The van der Waals surface area contributed by atoms with E-state index < -0.39 is 6.10 Å². The molecule has 0 radical (unpaired) electrons. The zero-order valence-electron chi connectivity index (χ0n) is 13.9. The molecule has 0 aliphatic carbocycles. The Labute approximate surface area is 129 Å². The molecular formula is C18H30N2O. The third-order valence-electron chi connectivity index (χ3n) is 4.74. The largest absolute Gasteiger partial charge is 0.388 e. The van der Waals surface area contributed by atoms with Crippen LogP contribution in [0.2, 0.25) is 0 Å². The zero-order valence-corrected chi connectivity index (χ0v) is 13.9. The highest BCUT2D eigenvalue weighted by Crippen LogP contribution is 2.34. The summed E-state index contributed by atoms with van der Waals surface area (Å²) in [5.41, 5.74) is 0.873. The lowest BCUT2D eigenvalue weighted by Crippen LogP contribution is -2.54. The highest BCUT2D eigenvalue weighted by atomic mass is 16.3. The average molecular weight is 290 g/mol. The van der Waals surface area contributed by atoms with Crippen molar-refractivity contribution in [2.45, 2.75) is 39.8 Å². The minimum Gasteiger partial charge on any atom is -0.388 e. The maximum Gasteiger partial charge on any atom is 0.0853 e. The predicted octanol–water partition coefficient (Wildman–Crippen LogP) is 2.77. The molecule has 1 heterocycles. The number of aliphatic hydroxyl groups is 1. The fourth-order valence-corrected chi connectivity index (χ4v) is 3.43. The Hall–Kier alpha value is -0.900. The molecule has 2 rings (SSSR count). The van der Waals surface area contributed by atoms with E-state index in [-0.39, 0.29) is 5.41 Å². The molecule has 1 aromatic rings. The van der Waals surface area contributed by atoms with E-state index in [9.17, 15) is 5.11 Å². The molecule has 21 heavy (non-hydrogen) atoms. The van der Waals surface area contributed by atoms with Gasteiger partial charge in [0.05, 0.1) is 6.10 Å². The lowest BCUT2D eigenvalue weighted by molar-refractivity contribution is -0.00231. The maximum atomic E-state index is 10.7. The second kappa shape index (κ2) is 6.91. The zero-order chi connectivity index (χ0) is 15.5. The summed E-state index contributed by atoms with van der Waals surface area (Å²) in [4.78, 5) is 5.03. The van der Waals surface area contributed by atoms with Gasteiger partial charge in [0.15, 0.2) is 0 Å². The number of rotatable bonds is 5. The molecule has 1 aliphatic heterocycles. The van der Waals surface area contributed by atoms with Crippen molar-refractivity contribution in [2.75, 3.05) is 32.7 Å². The lowest BCUT2D eigenvalue weighted by atomic mass is 9.82. The van der Waals surface area contributed by atoms with Crippen LogP contribution in [0.25, 0.3) is 0 Å². The van der Waals surface area contributed by atoms with Gasteiger partial charge in [-0.05, 0) is 19.0 Å². The smallest absolute Gasteiger partial charge is 0.0853 e. The fraction of sp³-hybridized carbons (Fsp3) is 0.667. The van der Waals surface area contributed by atoms with E-state index in [2.05, 4.69) is 37.5 Å². The van der Waals surface area contributed by atoms with Gasteiger partial charge in [-0.15, -0.1) is 0 Å². The summed E-state index contributed by atoms with van der Waals surface area (Å²) >= 11 is 0. The van der Waals surface area contributed by atoms with Crippen LogP contribution < -0.4 is 0 Å². The number of benzene rings is 1. The Morgan fingerprint density at radius 2 is 1.90 bits per heavy atom. The number of hydrogen-bond acceptors (Lipinski definition) is 3. The van der Waals surface area contributed by atoms with E-state index in [0.717, 1.165) is 38.3 Å². The molecule has 1 saturated heterocycles. The topological polar surface area (TPSA) is 26.7 Å². The van der Waals surface area contributed by atoms with Gasteiger partial charge in [-0.3, -0.25) is 9.80 Å². The molecule has 0 saturated carbocycles. The Kier molecular flexibility index (Phi) is 5.42. The number of piperazine rings is 1. The van der Waals surface area contributed by atoms with Crippen LogP contribution in [0.1, 0.15) is 39.4 Å². The molecule has 0 spiro atoms. The summed E-state index contributed by atoms with van der Waals surface area (Å²) in [5, 5.41) is 10.7. The first-order chi connectivity index (χ1) is 9.94. The second-order valence-electron chi connectivity index (χ2n) is 7.01. The van der Waals surface area contributed by atoms with Crippen molar-refractivity contribution in [3.8, 4) is 0 Å². The van der Waals surface area contributed by atoms with Crippen molar-refractivity contribution in [1.29, 1.82) is 0 Å². The quantitative estimate of drug-likeness (QED) is 0.903. The second-order valence-corrected chi connectivity index (χ2v) is 7.01. The number of aliphatic hydroxyl groups excluding tert-OH is 1. The van der Waals surface area contributed by atoms with Crippen LogP contribution in [0, 0.1) is 5.41 Å². The first-order valence-electron chi connectivity index (χ1n) is 8.13. The van der Waals surface area contributed by atoms with Crippen molar-refractivity contribution >= 4 is 0 Å². The molecule has 2 unspecified atom stereocenters. The molecule has 1 aliphatic rings. The van der Waals surface area contributed by atoms with Crippen LogP contribution >= 0.6 is 0 Å². The van der Waals surface area contributed by atoms with Crippen LogP contribution in [0.5, 0.6) is 0 Å². The number of hydrogen-bond donors (Lipinski definition) is 1. The van der Waals surface area contributed by atoms with Crippen molar-refractivity contribution in [3.63, 3.8) is 0 Å². The van der Waals surface area contributed by atoms with E-state index in [1.165, 1.54) is 0 Å². The molecule has 3 heteroatoms. The standard InChI is InChI=1S/C18H30N2O/c1-5-20-12-11-19(13-15(20)2)14-18(3,4)17(21)16-9-7-6-8-10-16/h6-10,15,17,21H,5,11-14H2,1-4H3. The van der Waals surface area contributed by atoms with Crippen LogP contribution in [-0.2, 0) is 0 Å². The summed E-state index contributed by atoms with van der Waals surface area (Å²) < 4.78 is 0. The van der Waals surface area contributed by atoms with Crippen molar-refractivity contribution in [3.05, 3.63) is 35.9 Å². The van der Waals surface area contributed by atoms with Gasteiger partial charge >= 0.3 is 0 Å². The van der Waals surface area contributed by atoms with Crippen molar-refractivity contribution < 1.29 is 5.11 Å². The van der Waals surface area contributed by atoms with E-state index in [0.29, 0.717) is 6.04 Å². The molecule has 118 valence electrons. The maximum absolute atomic E-state index is 10.7. The summed E-state index contributed by atoms with van der Waals surface area (Å²) in [7, 11) is 0. The van der Waals surface area contributed by atoms with E-state index in [4.69, 9.17) is 0 Å². The van der Waals surface area contributed by atoms with E-state index in [1.807, 2.05) is 30.3 Å². The highest BCUT2D eigenvalue weighted by Gasteiger charge is 2.33. The molecule has 0 bridgehead atoms. The monoisotopic (exact) mass is 290 g/mol. The molecule has 1 fully saturated rings. The lowest BCUT2D eigenvalue weighted by Gasteiger charge is -2.43. The van der Waals surface area contributed by atoms with Gasteiger partial charge in [0.1, 0.15) is 0 Å². The van der Waals surface area contributed by atoms with Gasteiger partial charge in [0.25, 0.3) is 0 Å². The Bertz CT molecular complexity index is 432. The van der Waals surface area contributed by atoms with Crippen LogP contribution in [0.15, 0.2) is 30.3 Å². The first-order valence-corrected chi connectivity index (χ1v) is 8.13. The van der Waals surface area contributed by atoms with Crippen molar-refractivity contribution in [1.82, 2.24) is 9.80 Å². The van der Waals surface area contributed by atoms with Crippen molar-refractivity contribution in [2.24, 2.45) is 5.41 Å². The third kappa shape index (κ3) is 4.06. The molecule has 3 nitrogen and oxygen atoms in total. The fourth-order valence-electron chi connectivity index (χ4n) is 3.43. The summed E-state index contributed by atoms with van der Waals surface area (Å²) in [6.45, 7) is 14.3. The minimum atomic E-state index is -0.418. The minimum absolute atomic E-state index is 0.143. The van der Waals surface area contributed by atoms with Crippen LogP contribution in [-0.4, -0.2) is 53.7 Å². The molecule has 0 amide bonds. The third-order valence-corrected chi connectivity index (χ3v) is 4.74. The molecule has 0 aromatic heterocycles. The van der Waals surface area contributed by atoms with Gasteiger partial charge in [-0.25, -0.2) is 0 Å². The first kappa shape index (κ1) is 16.5. The van der Waals surface area contributed by atoms with Crippen LogP contribution in [0.3, 0.4) is 0 Å². The predicted molar refractivity (Wildman–Crippen MR) is 88.3 cm³/mol. The molecule has 2 atom stereocenters. The summed E-state index contributed by atoms with van der Waals surface area (Å²) in [6.07, 6.45) is -0.418. The summed E-state index contributed by atoms with van der Waals surface area (Å²) in [6, 6.07) is 10.6. The Morgan fingerprint density at radius 1 is 1.24 bits per heavy atom. The molecule has 1 aromatic carbocycles. The number of nitrogens with zero attached hydrogens (tertiary/aromatic N) is 2. The SMILES string of the molecule is CCN1CCN(CC(C)(C)C(O)c2ccccc2)CC1C. The van der Waals surface area contributed by atoms with Gasteiger partial charge < -0.3 is 5.11 Å². The highest BCUT2D eigenvalue weighted by molar-refractivity contribution is 5.19. The Morgan fingerprint density at radius 3 is 2.48 bits per heavy atom. The average Bonchev–Trinajstić information content (AvgIpc) is 2.47. The summed E-state index contributed by atoms with van der Waals surface area (Å²) in [5.74, 6) is 0. The normalized spacial score (nSPS) is 23.2. The molecular weight excluding hydrogens is 260 g/mol. The molecule has 1 N–H and O–H groups in total. The van der Waals surface area contributed by atoms with Gasteiger partial charge in [-0.2, -0.15) is 0 Å². The number of likely N-dealkylation sites (N-methyl/N-ethyl adjacent to an activating group) is 1. The van der Waals surface area contributed by atoms with Gasteiger partial charge in [-0.1, -0.05) is 51.1 Å². The Balaban J connectivity index is 1.98.